The first-order valence-corrected chi connectivity index (χ1v) is 5.75. The summed E-state index contributed by atoms with van der Waals surface area (Å²) < 4.78 is 0. The fourth-order valence-electron chi connectivity index (χ4n) is 2.42. The SMILES string of the molecule is Cc1cc(C)c(O)c(C2CC(C(=O)O)CN2)c1. The lowest BCUT2D eigenvalue weighted by Gasteiger charge is -2.15. The molecule has 0 aliphatic carbocycles. The Kier molecular flexibility index (Phi) is 3.07. The molecule has 0 radical (unpaired) electrons. The second-order valence-electron chi connectivity index (χ2n) is 4.75. The van der Waals surface area contributed by atoms with Gasteiger partial charge in [-0.3, -0.25) is 4.79 Å². The third kappa shape index (κ3) is 2.26. The van der Waals surface area contributed by atoms with Crippen LogP contribution in [0.15, 0.2) is 12.1 Å². The highest BCUT2D eigenvalue weighted by molar-refractivity contribution is 5.71. The van der Waals surface area contributed by atoms with Gasteiger partial charge in [0.1, 0.15) is 5.75 Å². The van der Waals surface area contributed by atoms with Gasteiger partial charge >= 0.3 is 5.97 Å². The lowest BCUT2D eigenvalue weighted by atomic mass is 9.96. The number of phenols is 1. The molecule has 0 amide bonds. The molecule has 0 aromatic heterocycles. The maximum atomic E-state index is 10.9. The first-order chi connectivity index (χ1) is 7.99. The highest BCUT2D eigenvalue weighted by Gasteiger charge is 2.31. The minimum atomic E-state index is -0.774. The number of hydrogen-bond donors (Lipinski definition) is 3. The molecular formula is C13H17NO3. The third-order valence-electron chi connectivity index (χ3n) is 3.33. The van der Waals surface area contributed by atoms with Gasteiger partial charge in [0.15, 0.2) is 0 Å². The molecule has 4 nitrogen and oxygen atoms in total. The van der Waals surface area contributed by atoms with E-state index in [4.69, 9.17) is 5.11 Å². The second-order valence-corrected chi connectivity index (χ2v) is 4.75. The van der Waals surface area contributed by atoms with Gasteiger partial charge in [-0.05, 0) is 25.8 Å². The summed E-state index contributed by atoms with van der Waals surface area (Å²) in [7, 11) is 0. The van der Waals surface area contributed by atoms with Gasteiger partial charge in [0, 0.05) is 18.2 Å². The van der Waals surface area contributed by atoms with Crippen LogP contribution in [0.1, 0.15) is 29.2 Å². The fraction of sp³-hybridized carbons (Fsp3) is 0.462. The second kappa shape index (κ2) is 4.37. The van der Waals surface area contributed by atoms with Crippen molar-refractivity contribution in [3.63, 3.8) is 0 Å². The molecule has 0 bridgehead atoms. The topological polar surface area (TPSA) is 69.6 Å². The number of phenolic OH excluding ortho intramolecular Hbond substituents is 1. The van der Waals surface area contributed by atoms with E-state index in [0.29, 0.717) is 13.0 Å². The molecule has 1 aromatic carbocycles. The van der Waals surface area contributed by atoms with Crippen LogP contribution in [0.3, 0.4) is 0 Å². The van der Waals surface area contributed by atoms with Crippen molar-refractivity contribution in [1.29, 1.82) is 0 Å². The van der Waals surface area contributed by atoms with Crippen LogP contribution >= 0.6 is 0 Å². The van der Waals surface area contributed by atoms with Crippen LogP contribution in [0.2, 0.25) is 0 Å². The van der Waals surface area contributed by atoms with E-state index in [1.165, 1.54) is 0 Å². The Morgan fingerprint density at radius 2 is 2.12 bits per heavy atom. The first kappa shape index (κ1) is 11.9. The van der Waals surface area contributed by atoms with Crippen LogP contribution in [0.5, 0.6) is 5.75 Å². The summed E-state index contributed by atoms with van der Waals surface area (Å²) in [6, 6.07) is 3.78. The number of hydrogen-bond acceptors (Lipinski definition) is 3. The summed E-state index contributed by atoms with van der Waals surface area (Å²) in [5.41, 5.74) is 2.72. The number of carboxylic acid groups (broad SMARTS) is 1. The number of nitrogens with one attached hydrogen (secondary N) is 1. The van der Waals surface area contributed by atoms with Gasteiger partial charge in [-0.1, -0.05) is 17.7 Å². The Hall–Kier alpha value is -1.55. The molecule has 92 valence electrons. The number of benzene rings is 1. The Labute approximate surface area is 100 Å². The van der Waals surface area contributed by atoms with E-state index in [9.17, 15) is 9.90 Å². The standard InChI is InChI=1S/C13H17NO3/c1-7-3-8(2)12(15)10(4-7)11-5-9(6-14-11)13(16)17/h3-4,9,11,14-15H,5-6H2,1-2H3,(H,16,17). The maximum Gasteiger partial charge on any atom is 0.307 e. The van der Waals surface area contributed by atoms with E-state index in [-0.39, 0.29) is 17.7 Å². The van der Waals surface area contributed by atoms with Gasteiger partial charge in [-0.25, -0.2) is 0 Å². The Balaban J connectivity index is 2.27. The fourth-order valence-corrected chi connectivity index (χ4v) is 2.42. The normalized spacial score (nSPS) is 23.9. The molecule has 4 heteroatoms. The van der Waals surface area contributed by atoms with Gasteiger partial charge in [-0.15, -0.1) is 0 Å². The van der Waals surface area contributed by atoms with Crippen LogP contribution in [-0.4, -0.2) is 22.7 Å². The van der Waals surface area contributed by atoms with Crippen molar-refractivity contribution in [3.8, 4) is 5.75 Å². The highest BCUT2D eigenvalue weighted by Crippen LogP contribution is 2.35. The maximum absolute atomic E-state index is 10.9. The minimum Gasteiger partial charge on any atom is -0.507 e. The lowest BCUT2D eigenvalue weighted by Crippen LogP contribution is -2.17. The summed E-state index contributed by atoms with van der Waals surface area (Å²) in [6.45, 7) is 4.29. The predicted molar refractivity (Wildman–Crippen MR) is 64.1 cm³/mol. The van der Waals surface area contributed by atoms with Crippen molar-refractivity contribution in [2.45, 2.75) is 26.3 Å². The Morgan fingerprint density at radius 1 is 1.41 bits per heavy atom. The van der Waals surface area contributed by atoms with Gasteiger partial charge in [0.25, 0.3) is 0 Å². The van der Waals surface area contributed by atoms with Crippen molar-refractivity contribution in [2.24, 2.45) is 5.92 Å². The summed E-state index contributed by atoms with van der Waals surface area (Å²) in [5, 5.41) is 22.1. The first-order valence-electron chi connectivity index (χ1n) is 5.75. The zero-order valence-corrected chi connectivity index (χ0v) is 10.0. The van der Waals surface area contributed by atoms with Gasteiger partial charge < -0.3 is 15.5 Å². The van der Waals surface area contributed by atoms with Crippen LogP contribution < -0.4 is 5.32 Å². The van der Waals surface area contributed by atoms with Crippen LogP contribution in [0, 0.1) is 19.8 Å². The minimum absolute atomic E-state index is 0.0605. The number of rotatable bonds is 2. The van der Waals surface area contributed by atoms with Gasteiger partial charge in [-0.2, -0.15) is 0 Å². The van der Waals surface area contributed by atoms with Gasteiger partial charge in [0.05, 0.1) is 5.92 Å². The number of carbonyl (C=O) groups is 1. The smallest absolute Gasteiger partial charge is 0.307 e. The van der Waals surface area contributed by atoms with Crippen molar-refractivity contribution < 1.29 is 15.0 Å². The molecule has 2 rings (SSSR count). The molecule has 0 saturated carbocycles. The molecule has 1 saturated heterocycles. The summed E-state index contributed by atoms with van der Waals surface area (Å²) in [5.74, 6) is -0.858. The van der Waals surface area contributed by atoms with E-state index in [0.717, 1.165) is 16.7 Å². The average Bonchev–Trinajstić information content (AvgIpc) is 2.72. The molecule has 1 aromatic rings. The largest absolute Gasteiger partial charge is 0.507 e. The summed E-state index contributed by atoms with van der Waals surface area (Å²) >= 11 is 0. The van der Waals surface area contributed by atoms with Crippen LogP contribution in [0.25, 0.3) is 0 Å². The quantitative estimate of drug-likeness (QED) is 0.730. The molecule has 2 atom stereocenters. The highest BCUT2D eigenvalue weighted by atomic mass is 16.4. The summed E-state index contributed by atoms with van der Waals surface area (Å²) in [4.78, 5) is 10.9. The van der Waals surface area contributed by atoms with Gasteiger partial charge in [0.2, 0.25) is 0 Å². The van der Waals surface area contributed by atoms with E-state index < -0.39 is 5.97 Å². The van der Waals surface area contributed by atoms with Crippen LogP contribution in [-0.2, 0) is 4.79 Å². The zero-order chi connectivity index (χ0) is 12.6. The van der Waals surface area contributed by atoms with E-state index in [1.807, 2.05) is 26.0 Å². The van der Waals surface area contributed by atoms with Crippen molar-refractivity contribution in [3.05, 3.63) is 28.8 Å². The van der Waals surface area contributed by atoms with Crippen molar-refractivity contribution >= 4 is 5.97 Å². The molecular weight excluding hydrogens is 218 g/mol. The number of aryl methyl sites for hydroxylation is 2. The molecule has 1 aliphatic rings. The Morgan fingerprint density at radius 3 is 2.71 bits per heavy atom. The molecule has 1 fully saturated rings. The molecule has 3 N–H and O–H groups in total. The Bertz CT molecular complexity index is 456. The number of aliphatic carboxylic acids is 1. The summed E-state index contributed by atoms with van der Waals surface area (Å²) in [6.07, 6.45) is 0.534. The zero-order valence-electron chi connectivity index (χ0n) is 10.0. The van der Waals surface area contributed by atoms with E-state index >= 15 is 0 Å². The lowest BCUT2D eigenvalue weighted by molar-refractivity contribution is -0.141. The molecule has 1 aliphatic heterocycles. The number of carboxylic acids is 1. The third-order valence-corrected chi connectivity index (χ3v) is 3.33. The number of aromatic hydroxyl groups is 1. The van der Waals surface area contributed by atoms with Crippen molar-refractivity contribution in [1.82, 2.24) is 5.32 Å². The molecule has 17 heavy (non-hydrogen) atoms. The predicted octanol–water partition coefficient (Wildman–Crippen LogP) is 1.74. The van der Waals surface area contributed by atoms with Crippen LogP contribution in [0.4, 0.5) is 0 Å². The monoisotopic (exact) mass is 235 g/mol. The van der Waals surface area contributed by atoms with E-state index in [2.05, 4.69) is 5.32 Å². The van der Waals surface area contributed by atoms with Crippen molar-refractivity contribution in [2.75, 3.05) is 6.54 Å². The average molecular weight is 235 g/mol. The van der Waals surface area contributed by atoms with E-state index in [1.54, 1.807) is 0 Å². The molecule has 0 spiro atoms. The molecule has 2 unspecified atom stereocenters. The molecule has 1 heterocycles.